The van der Waals surface area contributed by atoms with Crippen LogP contribution in [0, 0.1) is 5.41 Å². The molecule has 4 heteroatoms. The molecule has 1 saturated heterocycles. The number of ether oxygens (including phenoxy) is 1. The summed E-state index contributed by atoms with van der Waals surface area (Å²) in [4.78, 5) is 0. The molecule has 2 radical (unpaired) electrons. The van der Waals surface area contributed by atoms with Crippen molar-refractivity contribution in [3.63, 3.8) is 0 Å². The van der Waals surface area contributed by atoms with Crippen molar-refractivity contribution in [1.82, 2.24) is 0 Å². The molecule has 12 heavy (non-hydrogen) atoms. The molecular formula is C8H15BO3. The van der Waals surface area contributed by atoms with Crippen molar-refractivity contribution in [2.75, 3.05) is 6.61 Å². The molecule has 0 bridgehead atoms. The second kappa shape index (κ2) is 3.36. The van der Waals surface area contributed by atoms with Crippen molar-refractivity contribution in [3.8, 4) is 0 Å². The molecule has 0 aromatic rings. The summed E-state index contributed by atoms with van der Waals surface area (Å²) >= 11 is 0. The van der Waals surface area contributed by atoms with Crippen molar-refractivity contribution in [2.24, 2.45) is 5.41 Å². The SMILES string of the molecule is [B][C@H]1O[C@H](CO)[C@@](C)(CC)[C@@H]1O. The highest BCUT2D eigenvalue weighted by molar-refractivity contribution is 6.11. The fraction of sp³-hybridized carbons (Fsp3) is 1.00. The third kappa shape index (κ3) is 1.28. The van der Waals surface area contributed by atoms with Gasteiger partial charge in [0.05, 0.1) is 18.8 Å². The van der Waals surface area contributed by atoms with Gasteiger partial charge in [-0.05, 0) is 6.42 Å². The van der Waals surface area contributed by atoms with Crippen LogP contribution in [0.4, 0.5) is 0 Å². The lowest BCUT2D eigenvalue weighted by Crippen LogP contribution is -2.39. The highest BCUT2D eigenvalue weighted by atomic mass is 16.5. The third-order valence-electron chi connectivity index (χ3n) is 2.97. The zero-order valence-corrected chi connectivity index (χ0v) is 7.53. The zero-order chi connectivity index (χ0) is 9.35. The van der Waals surface area contributed by atoms with Crippen molar-refractivity contribution in [1.29, 1.82) is 0 Å². The summed E-state index contributed by atoms with van der Waals surface area (Å²) in [6.45, 7) is 3.74. The van der Waals surface area contributed by atoms with Gasteiger partial charge in [0, 0.05) is 11.4 Å². The van der Waals surface area contributed by atoms with Crippen LogP contribution in [0.2, 0.25) is 0 Å². The Hall–Kier alpha value is -0.0551. The topological polar surface area (TPSA) is 49.7 Å². The van der Waals surface area contributed by atoms with Gasteiger partial charge in [-0.2, -0.15) is 0 Å². The van der Waals surface area contributed by atoms with Gasteiger partial charge in [-0.25, -0.2) is 0 Å². The Morgan fingerprint density at radius 3 is 2.50 bits per heavy atom. The van der Waals surface area contributed by atoms with Crippen LogP contribution in [0.3, 0.4) is 0 Å². The monoisotopic (exact) mass is 170 g/mol. The van der Waals surface area contributed by atoms with Crippen LogP contribution in [-0.2, 0) is 4.74 Å². The lowest BCUT2D eigenvalue weighted by Gasteiger charge is -2.30. The lowest BCUT2D eigenvalue weighted by molar-refractivity contribution is -0.00410. The fourth-order valence-electron chi connectivity index (χ4n) is 1.67. The van der Waals surface area contributed by atoms with Crippen molar-refractivity contribution in [3.05, 3.63) is 0 Å². The first-order valence-corrected chi connectivity index (χ1v) is 4.26. The summed E-state index contributed by atoms with van der Waals surface area (Å²) in [6.07, 6.45) is -0.278. The molecule has 0 aromatic heterocycles. The summed E-state index contributed by atoms with van der Waals surface area (Å²) in [5, 5.41) is 18.6. The molecule has 1 fully saturated rings. The van der Waals surface area contributed by atoms with Gasteiger partial charge in [0.2, 0.25) is 0 Å². The van der Waals surface area contributed by atoms with Crippen LogP contribution in [-0.4, -0.2) is 42.9 Å². The Kier molecular flexibility index (Phi) is 2.81. The molecule has 1 heterocycles. The maximum absolute atomic E-state index is 9.66. The minimum Gasteiger partial charge on any atom is -0.394 e. The van der Waals surface area contributed by atoms with Crippen LogP contribution < -0.4 is 0 Å². The highest BCUT2D eigenvalue weighted by Gasteiger charge is 2.49. The summed E-state index contributed by atoms with van der Waals surface area (Å²) in [5.41, 5.74) is -0.409. The lowest BCUT2D eigenvalue weighted by atomic mass is 9.74. The van der Waals surface area contributed by atoms with Crippen molar-refractivity contribution >= 4 is 7.85 Å². The van der Waals surface area contributed by atoms with Gasteiger partial charge >= 0.3 is 0 Å². The van der Waals surface area contributed by atoms with Crippen LogP contribution in [0.1, 0.15) is 20.3 Å². The number of aliphatic hydroxyl groups is 2. The minimum absolute atomic E-state index is 0.0882. The van der Waals surface area contributed by atoms with Crippen LogP contribution in [0.5, 0.6) is 0 Å². The number of aliphatic hydroxyl groups excluding tert-OH is 2. The number of rotatable bonds is 2. The summed E-state index contributed by atoms with van der Waals surface area (Å²) in [5.74, 6) is 0. The van der Waals surface area contributed by atoms with Crippen LogP contribution >= 0.6 is 0 Å². The van der Waals surface area contributed by atoms with E-state index in [1.54, 1.807) is 0 Å². The minimum atomic E-state index is -0.681. The molecule has 3 nitrogen and oxygen atoms in total. The van der Waals surface area contributed by atoms with Gasteiger partial charge in [-0.1, -0.05) is 13.8 Å². The average Bonchev–Trinajstić information content (AvgIpc) is 2.30. The second-order valence-corrected chi connectivity index (χ2v) is 3.58. The molecule has 1 aliphatic rings. The summed E-state index contributed by atoms with van der Waals surface area (Å²) in [7, 11) is 5.51. The predicted octanol–water partition coefficient (Wildman–Crippen LogP) is -0.351. The third-order valence-corrected chi connectivity index (χ3v) is 2.97. The van der Waals surface area contributed by atoms with E-state index >= 15 is 0 Å². The van der Waals surface area contributed by atoms with E-state index in [9.17, 15) is 5.11 Å². The Balaban J connectivity index is 2.80. The molecule has 0 amide bonds. The van der Waals surface area contributed by atoms with Gasteiger partial charge in [-0.3, -0.25) is 0 Å². The average molecular weight is 170 g/mol. The molecular weight excluding hydrogens is 155 g/mol. The molecule has 1 aliphatic heterocycles. The van der Waals surface area contributed by atoms with E-state index in [0.29, 0.717) is 0 Å². The largest absolute Gasteiger partial charge is 0.394 e. The Labute approximate surface area is 74.1 Å². The first-order valence-electron chi connectivity index (χ1n) is 4.26. The maximum Gasteiger partial charge on any atom is 0.112 e. The van der Waals surface area contributed by atoms with Gasteiger partial charge < -0.3 is 14.9 Å². The van der Waals surface area contributed by atoms with E-state index < -0.39 is 17.5 Å². The quantitative estimate of drug-likeness (QED) is 0.557. The van der Waals surface area contributed by atoms with Gasteiger partial charge in [-0.15, -0.1) is 0 Å². The Morgan fingerprint density at radius 1 is 1.58 bits per heavy atom. The van der Waals surface area contributed by atoms with Gasteiger partial charge in [0.25, 0.3) is 0 Å². The fourth-order valence-corrected chi connectivity index (χ4v) is 1.67. The normalized spacial score (nSPS) is 48.2. The van der Waals surface area contributed by atoms with E-state index in [1.165, 1.54) is 0 Å². The van der Waals surface area contributed by atoms with E-state index in [4.69, 9.17) is 17.7 Å². The Bertz CT molecular complexity index is 164. The smallest absolute Gasteiger partial charge is 0.112 e. The van der Waals surface area contributed by atoms with Crippen LogP contribution in [0.15, 0.2) is 0 Å². The maximum atomic E-state index is 9.66. The van der Waals surface area contributed by atoms with Crippen LogP contribution in [0.25, 0.3) is 0 Å². The highest BCUT2D eigenvalue weighted by Crippen LogP contribution is 2.40. The van der Waals surface area contributed by atoms with Gasteiger partial charge in [0.15, 0.2) is 0 Å². The van der Waals surface area contributed by atoms with Crippen molar-refractivity contribution in [2.45, 2.75) is 38.5 Å². The molecule has 0 saturated carbocycles. The molecule has 2 N–H and O–H groups in total. The molecule has 0 aliphatic carbocycles. The van der Waals surface area contributed by atoms with Gasteiger partial charge in [0.1, 0.15) is 7.85 Å². The molecule has 0 spiro atoms. The predicted molar refractivity (Wildman–Crippen MR) is 45.9 cm³/mol. The standard InChI is InChI=1S/C8H15BO3/c1-3-8(2)5(4-10)12-7(9)6(8)11/h5-7,10-11H,3-4H2,1-2H3/t5-,6-,7+,8-/m1/s1. The summed E-state index contributed by atoms with van der Waals surface area (Å²) < 4.78 is 5.21. The first kappa shape index (κ1) is 10.0. The van der Waals surface area contributed by atoms with E-state index in [-0.39, 0.29) is 12.7 Å². The van der Waals surface area contributed by atoms with Crippen molar-refractivity contribution < 1.29 is 14.9 Å². The van der Waals surface area contributed by atoms with E-state index in [1.807, 2.05) is 13.8 Å². The molecule has 1 rings (SSSR count). The molecule has 68 valence electrons. The first-order chi connectivity index (χ1) is 5.56. The molecule has 0 unspecified atom stereocenters. The number of hydrogen-bond donors (Lipinski definition) is 2. The zero-order valence-electron chi connectivity index (χ0n) is 7.53. The second-order valence-electron chi connectivity index (χ2n) is 3.58. The van der Waals surface area contributed by atoms with E-state index in [0.717, 1.165) is 6.42 Å². The van der Waals surface area contributed by atoms with E-state index in [2.05, 4.69) is 0 Å². The molecule has 0 aromatic carbocycles. The Morgan fingerprint density at radius 2 is 2.17 bits per heavy atom. The summed E-state index contributed by atoms with van der Waals surface area (Å²) in [6, 6.07) is -0.660. The molecule has 4 atom stereocenters. The number of hydrogen-bond acceptors (Lipinski definition) is 3.